The molecule has 2 aliphatic rings. The summed E-state index contributed by atoms with van der Waals surface area (Å²) in [4.78, 5) is 0. The van der Waals surface area contributed by atoms with Gasteiger partial charge in [-0.2, -0.15) is 0 Å². The van der Waals surface area contributed by atoms with Crippen LogP contribution >= 0.6 is 11.6 Å². The normalized spacial score (nSPS) is 24.8. The van der Waals surface area contributed by atoms with E-state index in [1.165, 1.54) is 56.1 Å². The van der Waals surface area contributed by atoms with E-state index in [4.69, 9.17) is 11.6 Å². The number of hydrogen-bond donors (Lipinski definition) is 1. The van der Waals surface area contributed by atoms with Crippen LogP contribution in [0.5, 0.6) is 0 Å². The van der Waals surface area contributed by atoms with Crippen LogP contribution < -0.4 is 5.32 Å². The molecule has 1 saturated carbocycles. The van der Waals surface area contributed by atoms with Crippen LogP contribution in [0.3, 0.4) is 0 Å². The second-order valence-electron chi connectivity index (χ2n) is 5.87. The number of halogens is 1. The smallest absolute Gasteiger partial charge is 0.0408 e. The predicted molar refractivity (Wildman–Crippen MR) is 77.3 cm³/mol. The Labute approximate surface area is 115 Å². The van der Waals surface area contributed by atoms with Gasteiger partial charge in [-0.05, 0) is 48.9 Å². The molecule has 0 aromatic heterocycles. The van der Waals surface area contributed by atoms with Crippen LogP contribution in [0.2, 0.25) is 5.02 Å². The first-order chi connectivity index (χ1) is 8.81. The first-order valence-corrected chi connectivity index (χ1v) is 7.72. The van der Waals surface area contributed by atoms with Gasteiger partial charge in [0, 0.05) is 17.1 Å². The van der Waals surface area contributed by atoms with Gasteiger partial charge < -0.3 is 5.32 Å². The van der Waals surface area contributed by atoms with Crippen molar-refractivity contribution < 1.29 is 0 Å². The monoisotopic (exact) mass is 263 g/mol. The number of rotatable bonds is 2. The van der Waals surface area contributed by atoms with Gasteiger partial charge in [0.05, 0.1) is 0 Å². The Morgan fingerprint density at radius 3 is 2.39 bits per heavy atom. The molecule has 1 nitrogen and oxygen atoms in total. The predicted octanol–water partition coefficient (Wildman–Crippen LogP) is 4.12. The fraction of sp³-hybridized carbons (Fsp3) is 0.625. The Bertz CT molecular complexity index is 408. The maximum absolute atomic E-state index is 6.06. The zero-order valence-corrected chi connectivity index (χ0v) is 11.7. The third-order valence-electron chi connectivity index (χ3n) is 4.43. The molecule has 18 heavy (non-hydrogen) atoms. The molecule has 0 radical (unpaired) electrons. The Hall–Kier alpha value is -0.530. The lowest BCUT2D eigenvalue weighted by Gasteiger charge is -2.21. The van der Waals surface area contributed by atoms with Crippen LogP contribution in [0.25, 0.3) is 0 Å². The average Bonchev–Trinajstić information content (AvgIpc) is 2.57. The third kappa shape index (κ3) is 2.89. The molecule has 98 valence electrons. The quantitative estimate of drug-likeness (QED) is 0.792. The van der Waals surface area contributed by atoms with Crippen LogP contribution in [-0.2, 0) is 12.8 Å². The minimum Gasteiger partial charge on any atom is -0.311 e. The van der Waals surface area contributed by atoms with Crippen molar-refractivity contribution in [3.63, 3.8) is 0 Å². The van der Waals surface area contributed by atoms with Crippen LogP contribution in [-0.4, -0.2) is 12.1 Å². The van der Waals surface area contributed by atoms with Crippen molar-refractivity contribution in [1.82, 2.24) is 5.32 Å². The first kappa shape index (κ1) is 12.5. The van der Waals surface area contributed by atoms with E-state index in [2.05, 4.69) is 17.4 Å². The fourth-order valence-corrected chi connectivity index (χ4v) is 3.68. The van der Waals surface area contributed by atoms with Gasteiger partial charge in [0.2, 0.25) is 0 Å². The molecule has 3 rings (SSSR count). The third-order valence-corrected chi connectivity index (χ3v) is 4.66. The average molecular weight is 264 g/mol. The Morgan fingerprint density at radius 1 is 0.889 bits per heavy atom. The van der Waals surface area contributed by atoms with E-state index in [1.807, 2.05) is 6.07 Å². The van der Waals surface area contributed by atoms with Crippen molar-refractivity contribution in [3.05, 3.63) is 34.3 Å². The molecule has 2 aliphatic carbocycles. The highest BCUT2D eigenvalue weighted by Crippen LogP contribution is 2.27. The lowest BCUT2D eigenvalue weighted by molar-refractivity contribution is 0.399. The number of benzene rings is 1. The van der Waals surface area contributed by atoms with E-state index in [-0.39, 0.29) is 0 Å². The number of hydrogen-bond acceptors (Lipinski definition) is 1. The Kier molecular flexibility index (Phi) is 3.91. The van der Waals surface area contributed by atoms with E-state index in [9.17, 15) is 0 Å². The van der Waals surface area contributed by atoms with Gasteiger partial charge in [-0.1, -0.05) is 43.4 Å². The van der Waals surface area contributed by atoms with Gasteiger partial charge in [0.25, 0.3) is 0 Å². The number of fused-ring (bicyclic) bond motifs is 1. The van der Waals surface area contributed by atoms with E-state index in [0.29, 0.717) is 6.04 Å². The fourth-order valence-electron chi connectivity index (χ4n) is 3.48. The summed E-state index contributed by atoms with van der Waals surface area (Å²) in [5.41, 5.74) is 2.94. The first-order valence-electron chi connectivity index (χ1n) is 7.34. The maximum atomic E-state index is 6.06. The molecule has 0 aliphatic heterocycles. The van der Waals surface area contributed by atoms with Crippen LogP contribution in [0.15, 0.2) is 18.2 Å². The summed E-state index contributed by atoms with van der Waals surface area (Å²) < 4.78 is 0. The maximum Gasteiger partial charge on any atom is 0.0408 e. The largest absolute Gasteiger partial charge is 0.311 e. The molecular formula is C16H22ClN. The summed E-state index contributed by atoms with van der Waals surface area (Å²) >= 11 is 6.06. The van der Waals surface area contributed by atoms with Gasteiger partial charge in [-0.3, -0.25) is 0 Å². The zero-order valence-electron chi connectivity index (χ0n) is 10.9. The molecule has 0 bridgehead atoms. The SMILES string of the molecule is Clc1ccc2c(c1)CC(NC1CCCCCC1)C2. The van der Waals surface area contributed by atoms with Gasteiger partial charge in [0.15, 0.2) is 0 Å². The van der Waals surface area contributed by atoms with Crippen molar-refractivity contribution in [2.45, 2.75) is 63.5 Å². The lowest BCUT2D eigenvalue weighted by atomic mass is 10.1. The highest BCUT2D eigenvalue weighted by Gasteiger charge is 2.24. The number of nitrogens with one attached hydrogen (secondary N) is 1. The van der Waals surface area contributed by atoms with E-state index in [1.54, 1.807) is 0 Å². The molecule has 1 N–H and O–H groups in total. The van der Waals surface area contributed by atoms with E-state index >= 15 is 0 Å². The second-order valence-corrected chi connectivity index (χ2v) is 6.31. The van der Waals surface area contributed by atoms with Crippen LogP contribution in [0, 0.1) is 0 Å². The van der Waals surface area contributed by atoms with E-state index in [0.717, 1.165) is 17.5 Å². The van der Waals surface area contributed by atoms with Crippen molar-refractivity contribution in [1.29, 1.82) is 0 Å². The molecule has 2 heteroatoms. The summed E-state index contributed by atoms with van der Waals surface area (Å²) in [6.45, 7) is 0. The Balaban J connectivity index is 1.60. The topological polar surface area (TPSA) is 12.0 Å². The van der Waals surface area contributed by atoms with Crippen molar-refractivity contribution >= 4 is 11.6 Å². The molecule has 1 fully saturated rings. The summed E-state index contributed by atoms with van der Waals surface area (Å²) in [6, 6.07) is 7.76. The van der Waals surface area contributed by atoms with Crippen molar-refractivity contribution in [3.8, 4) is 0 Å². The summed E-state index contributed by atoms with van der Waals surface area (Å²) in [5.74, 6) is 0. The molecule has 0 heterocycles. The zero-order chi connectivity index (χ0) is 12.4. The van der Waals surface area contributed by atoms with Gasteiger partial charge in [0.1, 0.15) is 0 Å². The molecule has 1 unspecified atom stereocenters. The molecule has 1 atom stereocenters. The molecule has 0 amide bonds. The highest BCUT2D eigenvalue weighted by atomic mass is 35.5. The van der Waals surface area contributed by atoms with Crippen molar-refractivity contribution in [2.24, 2.45) is 0 Å². The minimum atomic E-state index is 0.640. The van der Waals surface area contributed by atoms with Gasteiger partial charge in [-0.25, -0.2) is 0 Å². The lowest BCUT2D eigenvalue weighted by Crippen LogP contribution is -2.38. The van der Waals surface area contributed by atoms with Crippen LogP contribution in [0.4, 0.5) is 0 Å². The molecule has 1 aromatic rings. The summed E-state index contributed by atoms with van der Waals surface area (Å²) in [6.07, 6.45) is 10.8. The van der Waals surface area contributed by atoms with E-state index < -0.39 is 0 Å². The summed E-state index contributed by atoms with van der Waals surface area (Å²) in [5, 5.41) is 4.76. The van der Waals surface area contributed by atoms with Gasteiger partial charge >= 0.3 is 0 Å². The minimum absolute atomic E-state index is 0.640. The standard InChI is InChI=1S/C16H22ClN/c17-14-8-7-12-10-16(11-13(12)9-14)18-15-5-3-1-2-4-6-15/h7-9,15-16,18H,1-6,10-11H2. The van der Waals surface area contributed by atoms with Gasteiger partial charge in [-0.15, -0.1) is 0 Å². The highest BCUT2D eigenvalue weighted by molar-refractivity contribution is 6.30. The Morgan fingerprint density at radius 2 is 1.61 bits per heavy atom. The van der Waals surface area contributed by atoms with Crippen LogP contribution in [0.1, 0.15) is 49.7 Å². The summed E-state index contributed by atoms with van der Waals surface area (Å²) in [7, 11) is 0. The molecule has 1 aromatic carbocycles. The molecular weight excluding hydrogens is 242 g/mol. The van der Waals surface area contributed by atoms with Crippen molar-refractivity contribution in [2.75, 3.05) is 0 Å². The molecule has 0 spiro atoms. The molecule has 0 saturated heterocycles. The second kappa shape index (κ2) is 5.63.